The molecule has 1 N–H and O–H groups in total. The Morgan fingerprint density at radius 3 is 2.37 bits per heavy atom. The maximum absolute atomic E-state index is 14.8. The van der Waals surface area contributed by atoms with Gasteiger partial charge >= 0.3 is 0 Å². The quantitative estimate of drug-likeness (QED) is 0.186. The summed E-state index contributed by atoms with van der Waals surface area (Å²) in [5, 5.41) is 10.7. The summed E-state index contributed by atoms with van der Waals surface area (Å²) in [6.07, 6.45) is 7.19. The fraction of sp³-hybridized carbons (Fsp3) is 0.649. The molecule has 2 bridgehead atoms. The summed E-state index contributed by atoms with van der Waals surface area (Å²) in [5.74, 6) is -1.65. The topological polar surface area (TPSA) is 99.6 Å². The molecular weight excluding hydrogens is 582 g/mol. The summed E-state index contributed by atoms with van der Waals surface area (Å²) in [6, 6.07) is 5.79. The first-order chi connectivity index (χ1) is 21.9. The van der Waals surface area contributed by atoms with Crippen LogP contribution < -0.4 is 9.64 Å². The smallest absolute Gasteiger partial charge is 0.248 e. The van der Waals surface area contributed by atoms with Gasteiger partial charge in [0.05, 0.1) is 36.7 Å². The van der Waals surface area contributed by atoms with E-state index in [0.29, 0.717) is 44.0 Å². The molecule has 3 amide bonds. The zero-order valence-corrected chi connectivity index (χ0v) is 28.7. The van der Waals surface area contributed by atoms with E-state index in [-0.39, 0.29) is 42.7 Å². The summed E-state index contributed by atoms with van der Waals surface area (Å²) in [4.78, 5) is 49.5. The van der Waals surface area contributed by atoms with Gasteiger partial charge < -0.3 is 29.3 Å². The second-order valence-corrected chi connectivity index (χ2v) is 13.9. The molecule has 0 aromatic heterocycles. The minimum atomic E-state index is -1.20. The van der Waals surface area contributed by atoms with Crippen LogP contribution in [0.15, 0.2) is 49.6 Å². The van der Waals surface area contributed by atoms with Crippen LogP contribution in [0.5, 0.6) is 5.75 Å². The number of benzene rings is 1. The summed E-state index contributed by atoms with van der Waals surface area (Å²) < 4.78 is 12.6. The first-order valence-corrected chi connectivity index (χ1v) is 17.1. The molecule has 3 fully saturated rings. The van der Waals surface area contributed by atoms with Crippen LogP contribution in [0.4, 0.5) is 5.69 Å². The maximum Gasteiger partial charge on any atom is 0.248 e. The third-order valence-corrected chi connectivity index (χ3v) is 10.3. The molecule has 1 spiro atoms. The molecule has 1 aromatic rings. The standard InChI is InChI=1S/C37H55N3O6/c1-9-13-14-21-38(19-10-2)35(44)32-37-23-26(7)36(8,46-37)30(31(37)34(43)40(32)28(24-41)22-25(5)6)33(42)39(20-11-3)27-15-17-29(18-16-27)45-12-4/h10-11,15-18,25-26,28,30-32,41H,2-3,9,12-14,19-24H2,1,4-8H3/t26?,28-,30-,31+,32?,36+,37?/m1/s1. The highest BCUT2D eigenvalue weighted by atomic mass is 16.5. The van der Waals surface area contributed by atoms with Crippen molar-refractivity contribution in [3.63, 3.8) is 0 Å². The largest absolute Gasteiger partial charge is 0.494 e. The number of ether oxygens (including phenoxy) is 2. The number of aliphatic hydroxyl groups excluding tert-OH is 1. The average molecular weight is 638 g/mol. The lowest BCUT2D eigenvalue weighted by Crippen LogP contribution is -2.59. The molecule has 46 heavy (non-hydrogen) atoms. The van der Waals surface area contributed by atoms with Gasteiger partial charge in [0, 0.05) is 25.3 Å². The monoisotopic (exact) mass is 637 g/mol. The number of rotatable bonds is 17. The number of likely N-dealkylation sites (tertiary alicyclic amines) is 1. The zero-order chi connectivity index (χ0) is 33.8. The van der Waals surface area contributed by atoms with Gasteiger partial charge in [0.1, 0.15) is 17.4 Å². The van der Waals surface area contributed by atoms with Gasteiger partial charge in [-0.2, -0.15) is 0 Å². The second-order valence-electron chi connectivity index (χ2n) is 13.9. The first kappa shape index (κ1) is 35.7. The number of amides is 3. The molecule has 3 aliphatic rings. The van der Waals surface area contributed by atoms with Gasteiger partial charge in [0.2, 0.25) is 17.7 Å². The fourth-order valence-electron chi connectivity index (χ4n) is 8.23. The van der Waals surface area contributed by atoms with Gasteiger partial charge in [-0.1, -0.05) is 52.7 Å². The zero-order valence-electron chi connectivity index (χ0n) is 28.7. The fourth-order valence-corrected chi connectivity index (χ4v) is 8.23. The molecule has 0 aliphatic carbocycles. The molecular formula is C37H55N3O6. The van der Waals surface area contributed by atoms with Crippen LogP contribution in [0.2, 0.25) is 0 Å². The van der Waals surface area contributed by atoms with Gasteiger partial charge in [-0.3, -0.25) is 14.4 Å². The number of hydrogen-bond acceptors (Lipinski definition) is 6. The number of nitrogens with zero attached hydrogens (tertiary/aromatic N) is 3. The number of anilines is 1. The molecule has 9 nitrogen and oxygen atoms in total. The lowest BCUT2D eigenvalue weighted by atomic mass is 9.62. The minimum absolute atomic E-state index is 0.0997. The van der Waals surface area contributed by atoms with E-state index in [1.165, 1.54) is 0 Å². The number of aliphatic hydroxyl groups is 1. The Bertz CT molecular complexity index is 1270. The van der Waals surface area contributed by atoms with Crippen LogP contribution in [0.25, 0.3) is 0 Å². The highest BCUT2D eigenvalue weighted by molar-refractivity contribution is 6.03. The summed E-state index contributed by atoms with van der Waals surface area (Å²) in [5.41, 5.74) is -1.50. The van der Waals surface area contributed by atoms with E-state index in [1.54, 1.807) is 26.9 Å². The molecule has 4 rings (SSSR count). The van der Waals surface area contributed by atoms with Crippen molar-refractivity contribution in [2.45, 2.75) is 96.9 Å². The predicted molar refractivity (Wildman–Crippen MR) is 180 cm³/mol. The van der Waals surface area contributed by atoms with E-state index >= 15 is 0 Å². The normalized spacial score (nSPS) is 28.7. The van der Waals surface area contributed by atoms with E-state index < -0.39 is 35.1 Å². The van der Waals surface area contributed by atoms with Crippen molar-refractivity contribution in [1.82, 2.24) is 9.80 Å². The van der Waals surface area contributed by atoms with Gasteiger partial charge in [-0.15, -0.1) is 13.2 Å². The van der Waals surface area contributed by atoms with Crippen LogP contribution in [0.1, 0.15) is 73.6 Å². The van der Waals surface area contributed by atoms with Gasteiger partial charge in [0.25, 0.3) is 0 Å². The Kier molecular flexibility index (Phi) is 11.4. The summed E-state index contributed by atoms with van der Waals surface area (Å²) in [7, 11) is 0. The van der Waals surface area contributed by atoms with Crippen LogP contribution in [-0.2, 0) is 19.1 Å². The molecule has 0 saturated carbocycles. The number of unbranched alkanes of at least 4 members (excludes halogenated alkanes) is 2. The van der Waals surface area contributed by atoms with Crippen molar-refractivity contribution in [2.75, 3.05) is 37.7 Å². The van der Waals surface area contributed by atoms with E-state index in [4.69, 9.17) is 9.47 Å². The highest BCUT2D eigenvalue weighted by Crippen LogP contribution is 2.66. The van der Waals surface area contributed by atoms with Crippen LogP contribution in [-0.4, -0.2) is 88.8 Å². The van der Waals surface area contributed by atoms with Crippen LogP contribution in [0.3, 0.4) is 0 Å². The lowest BCUT2D eigenvalue weighted by molar-refractivity contribution is -0.155. The van der Waals surface area contributed by atoms with Crippen molar-refractivity contribution in [3.05, 3.63) is 49.6 Å². The minimum Gasteiger partial charge on any atom is -0.494 e. The summed E-state index contributed by atoms with van der Waals surface area (Å²) >= 11 is 0. The van der Waals surface area contributed by atoms with Crippen LogP contribution in [0, 0.1) is 23.7 Å². The molecule has 254 valence electrons. The Morgan fingerprint density at radius 2 is 1.80 bits per heavy atom. The molecule has 7 atom stereocenters. The van der Waals surface area contributed by atoms with Gasteiger partial charge in [0.15, 0.2) is 0 Å². The van der Waals surface area contributed by atoms with Crippen molar-refractivity contribution >= 4 is 23.4 Å². The first-order valence-electron chi connectivity index (χ1n) is 17.1. The molecule has 9 heteroatoms. The molecule has 3 saturated heterocycles. The molecule has 0 radical (unpaired) electrons. The van der Waals surface area contributed by atoms with Crippen molar-refractivity contribution < 1.29 is 29.0 Å². The highest BCUT2D eigenvalue weighted by Gasteiger charge is 2.80. The Morgan fingerprint density at radius 1 is 1.13 bits per heavy atom. The Labute approximate surface area is 275 Å². The maximum atomic E-state index is 14.8. The van der Waals surface area contributed by atoms with Gasteiger partial charge in [-0.25, -0.2) is 0 Å². The predicted octanol–water partition coefficient (Wildman–Crippen LogP) is 5.23. The summed E-state index contributed by atoms with van der Waals surface area (Å²) in [6.45, 7) is 21.3. The van der Waals surface area contributed by atoms with E-state index in [2.05, 4.69) is 27.0 Å². The Balaban J connectivity index is 1.83. The lowest BCUT2D eigenvalue weighted by Gasteiger charge is -2.40. The molecule has 3 heterocycles. The average Bonchev–Trinajstić information content (AvgIpc) is 3.54. The number of hydrogen-bond donors (Lipinski definition) is 1. The van der Waals surface area contributed by atoms with E-state index in [9.17, 15) is 19.5 Å². The third kappa shape index (κ3) is 6.25. The van der Waals surface area contributed by atoms with Crippen LogP contribution >= 0.6 is 0 Å². The van der Waals surface area contributed by atoms with Crippen molar-refractivity contribution in [3.8, 4) is 5.75 Å². The van der Waals surface area contributed by atoms with Crippen molar-refractivity contribution in [1.29, 1.82) is 0 Å². The van der Waals surface area contributed by atoms with E-state index in [1.807, 2.05) is 52.0 Å². The molecule has 3 aliphatic heterocycles. The SMILES string of the molecule is C=CCN(CCCCC)C(=O)C1N([C@@H](CO)CC(C)C)C(=O)[C@@H]2[C@H](C(=O)N(CC=C)c3ccc(OCC)cc3)[C@@]3(C)OC12CC3C. The second kappa shape index (κ2) is 14.7. The molecule has 1 aromatic carbocycles. The van der Waals surface area contributed by atoms with E-state index in [0.717, 1.165) is 19.3 Å². The van der Waals surface area contributed by atoms with Crippen molar-refractivity contribution in [2.24, 2.45) is 23.7 Å². The number of carbonyl (C=O) groups excluding carboxylic acids is 3. The van der Waals surface area contributed by atoms with Gasteiger partial charge in [-0.05, 0) is 69.2 Å². The number of fused-ring (bicyclic) bond motifs is 1. The number of carbonyl (C=O) groups is 3. The Hall–Kier alpha value is -3.17. The molecule has 3 unspecified atom stereocenters. The third-order valence-electron chi connectivity index (χ3n) is 10.3.